The highest BCUT2D eigenvalue weighted by Crippen LogP contribution is 2.37. The van der Waals surface area contributed by atoms with Crippen LogP contribution >= 0.6 is 0 Å². The molecule has 0 bridgehead atoms. The summed E-state index contributed by atoms with van der Waals surface area (Å²) < 4.78 is 7.82. The van der Waals surface area contributed by atoms with Crippen LogP contribution in [0.5, 0.6) is 0 Å². The Balaban J connectivity index is 1.63. The molecule has 3 heterocycles. The van der Waals surface area contributed by atoms with Crippen LogP contribution in [0, 0.1) is 0 Å². The van der Waals surface area contributed by atoms with E-state index in [9.17, 15) is 4.79 Å². The zero-order chi connectivity index (χ0) is 18.2. The number of hydrogen-bond acceptors (Lipinski definition) is 3. The molecule has 140 valence electrons. The number of morpholine rings is 1. The van der Waals surface area contributed by atoms with E-state index in [0.29, 0.717) is 6.04 Å². The number of fused-ring (bicyclic) bond motifs is 1. The van der Waals surface area contributed by atoms with Crippen molar-refractivity contribution >= 4 is 16.6 Å². The number of benzene rings is 1. The fraction of sp³-hybridized carbons (Fsp3) is 0.409. The molecule has 0 radical (unpaired) electrons. The maximum atomic E-state index is 12.7. The van der Waals surface area contributed by atoms with Crippen LogP contribution in [-0.4, -0.2) is 35.9 Å². The molecule has 5 rings (SSSR count). The molecular formula is C22H25N3O2. The van der Waals surface area contributed by atoms with Gasteiger partial charge in [0, 0.05) is 42.8 Å². The number of hydrogen-bond donors (Lipinski definition) is 1. The lowest BCUT2D eigenvalue weighted by molar-refractivity contribution is 0.122. The molecular weight excluding hydrogens is 338 g/mol. The van der Waals surface area contributed by atoms with E-state index >= 15 is 0 Å². The molecule has 1 aliphatic carbocycles. The second-order valence-electron chi connectivity index (χ2n) is 7.61. The SMILES string of the molecule is O=c1[nH]ccc2c1c(-c1cccc(N3CCOCC3)c1)cn2C1CCCC1. The molecule has 5 heteroatoms. The van der Waals surface area contributed by atoms with Crippen molar-refractivity contribution in [3.8, 4) is 11.1 Å². The van der Waals surface area contributed by atoms with Gasteiger partial charge >= 0.3 is 0 Å². The van der Waals surface area contributed by atoms with E-state index in [4.69, 9.17) is 4.74 Å². The summed E-state index contributed by atoms with van der Waals surface area (Å²) >= 11 is 0. The molecule has 0 unspecified atom stereocenters. The highest BCUT2D eigenvalue weighted by Gasteiger charge is 2.22. The Kier molecular flexibility index (Phi) is 4.24. The van der Waals surface area contributed by atoms with Gasteiger partial charge in [-0.25, -0.2) is 0 Å². The number of nitrogens with one attached hydrogen (secondary N) is 1. The number of anilines is 1. The van der Waals surface area contributed by atoms with Crippen LogP contribution in [0.4, 0.5) is 5.69 Å². The van der Waals surface area contributed by atoms with Gasteiger partial charge < -0.3 is 19.2 Å². The van der Waals surface area contributed by atoms with Crippen LogP contribution in [0.15, 0.2) is 47.5 Å². The Hall–Kier alpha value is -2.53. The monoisotopic (exact) mass is 363 g/mol. The Labute approximate surface area is 158 Å². The number of aromatic nitrogens is 2. The van der Waals surface area contributed by atoms with Gasteiger partial charge in [0.05, 0.1) is 24.1 Å². The van der Waals surface area contributed by atoms with Crippen molar-refractivity contribution in [2.24, 2.45) is 0 Å². The summed E-state index contributed by atoms with van der Waals surface area (Å²) in [5, 5.41) is 0.809. The van der Waals surface area contributed by atoms with Crippen molar-refractivity contribution in [1.29, 1.82) is 0 Å². The van der Waals surface area contributed by atoms with Crippen LogP contribution in [0.25, 0.3) is 22.0 Å². The fourth-order valence-electron chi connectivity index (χ4n) is 4.61. The number of nitrogens with zero attached hydrogens (tertiary/aromatic N) is 2. The highest BCUT2D eigenvalue weighted by atomic mass is 16.5. The molecule has 5 nitrogen and oxygen atoms in total. The van der Waals surface area contributed by atoms with Gasteiger partial charge in [0.2, 0.25) is 0 Å². The van der Waals surface area contributed by atoms with Crippen LogP contribution in [0.1, 0.15) is 31.7 Å². The minimum Gasteiger partial charge on any atom is -0.378 e. The summed E-state index contributed by atoms with van der Waals surface area (Å²) in [5.41, 5.74) is 4.39. The second-order valence-corrected chi connectivity index (χ2v) is 7.61. The highest BCUT2D eigenvalue weighted by molar-refractivity contribution is 5.96. The first-order valence-corrected chi connectivity index (χ1v) is 9.96. The van der Waals surface area contributed by atoms with Crippen LogP contribution in [0.2, 0.25) is 0 Å². The maximum Gasteiger partial charge on any atom is 0.258 e. The molecule has 2 aromatic heterocycles. The quantitative estimate of drug-likeness (QED) is 0.767. The molecule has 0 spiro atoms. The van der Waals surface area contributed by atoms with Gasteiger partial charge in [0.25, 0.3) is 5.56 Å². The molecule has 2 aliphatic rings. The molecule has 0 amide bonds. The summed E-state index contributed by atoms with van der Waals surface area (Å²) in [7, 11) is 0. The first-order valence-electron chi connectivity index (χ1n) is 9.96. The number of H-pyrrole nitrogens is 1. The van der Waals surface area contributed by atoms with E-state index < -0.39 is 0 Å². The van der Waals surface area contributed by atoms with E-state index in [2.05, 4.69) is 44.9 Å². The molecule has 1 saturated heterocycles. The van der Waals surface area contributed by atoms with Crippen molar-refractivity contribution in [2.75, 3.05) is 31.2 Å². The molecule has 2 fully saturated rings. The van der Waals surface area contributed by atoms with Crippen LogP contribution in [0.3, 0.4) is 0 Å². The number of rotatable bonds is 3. The van der Waals surface area contributed by atoms with E-state index in [1.54, 1.807) is 6.20 Å². The van der Waals surface area contributed by atoms with Gasteiger partial charge in [0.1, 0.15) is 0 Å². The summed E-state index contributed by atoms with van der Waals surface area (Å²) in [6.07, 6.45) is 8.91. The zero-order valence-corrected chi connectivity index (χ0v) is 15.5. The average molecular weight is 363 g/mol. The van der Waals surface area contributed by atoms with Gasteiger partial charge in [-0.05, 0) is 36.6 Å². The second kappa shape index (κ2) is 6.89. The van der Waals surface area contributed by atoms with E-state index in [-0.39, 0.29) is 5.56 Å². The Morgan fingerprint density at radius 2 is 1.89 bits per heavy atom. The van der Waals surface area contributed by atoms with Gasteiger partial charge in [-0.2, -0.15) is 0 Å². The molecule has 27 heavy (non-hydrogen) atoms. The minimum atomic E-state index is -0.00368. The normalized spacial score (nSPS) is 18.4. The lowest BCUT2D eigenvalue weighted by Gasteiger charge is -2.29. The number of pyridine rings is 1. The van der Waals surface area contributed by atoms with E-state index in [0.717, 1.165) is 48.3 Å². The first-order chi connectivity index (χ1) is 13.3. The third-order valence-corrected chi connectivity index (χ3v) is 6.01. The zero-order valence-electron chi connectivity index (χ0n) is 15.5. The lowest BCUT2D eigenvalue weighted by atomic mass is 10.0. The van der Waals surface area contributed by atoms with E-state index in [1.165, 1.54) is 31.4 Å². The third-order valence-electron chi connectivity index (χ3n) is 6.01. The summed E-state index contributed by atoms with van der Waals surface area (Å²) in [6, 6.07) is 11.1. The smallest absolute Gasteiger partial charge is 0.258 e. The van der Waals surface area contributed by atoms with Gasteiger partial charge in [-0.3, -0.25) is 4.79 Å². The first kappa shape index (κ1) is 16.6. The van der Waals surface area contributed by atoms with Crippen LogP contribution < -0.4 is 10.5 Å². The maximum absolute atomic E-state index is 12.7. The largest absolute Gasteiger partial charge is 0.378 e. The molecule has 1 saturated carbocycles. The minimum absolute atomic E-state index is 0.00368. The molecule has 1 N–H and O–H groups in total. The molecule has 0 atom stereocenters. The summed E-state index contributed by atoms with van der Waals surface area (Å²) in [6.45, 7) is 3.36. The predicted octanol–water partition coefficient (Wildman–Crippen LogP) is 3.95. The lowest BCUT2D eigenvalue weighted by Crippen LogP contribution is -2.36. The van der Waals surface area contributed by atoms with Crippen LogP contribution in [-0.2, 0) is 4.74 Å². The Morgan fingerprint density at radius 3 is 2.70 bits per heavy atom. The Morgan fingerprint density at radius 1 is 1.07 bits per heavy atom. The average Bonchev–Trinajstić information content (AvgIpc) is 3.37. The fourth-order valence-corrected chi connectivity index (χ4v) is 4.61. The number of aromatic amines is 1. The van der Waals surface area contributed by atoms with Crippen molar-refractivity contribution in [3.05, 3.63) is 53.1 Å². The standard InChI is InChI=1S/C22H25N3O2/c26-22-21-19(15-25(17-5-1-2-6-17)20(21)8-9-23-22)16-4-3-7-18(14-16)24-10-12-27-13-11-24/h3-4,7-9,14-15,17H,1-2,5-6,10-13H2,(H,23,26). The topological polar surface area (TPSA) is 50.3 Å². The molecule has 1 aromatic carbocycles. The summed E-state index contributed by atoms with van der Waals surface area (Å²) in [5.74, 6) is 0. The molecule has 1 aliphatic heterocycles. The Bertz CT molecular complexity index is 1010. The third kappa shape index (κ3) is 2.96. The van der Waals surface area contributed by atoms with Crippen molar-refractivity contribution in [2.45, 2.75) is 31.7 Å². The van der Waals surface area contributed by atoms with Gasteiger partial charge in [0.15, 0.2) is 0 Å². The van der Waals surface area contributed by atoms with Crippen molar-refractivity contribution < 1.29 is 4.74 Å². The molecule has 3 aromatic rings. The number of ether oxygens (including phenoxy) is 1. The summed E-state index contributed by atoms with van der Waals surface area (Å²) in [4.78, 5) is 17.9. The van der Waals surface area contributed by atoms with Crippen molar-refractivity contribution in [3.63, 3.8) is 0 Å². The predicted molar refractivity (Wildman–Crippen MR) is 109 cm³/mol. The van der Waals surface area contributed by atoms with Gasteiger partial charge in [-0.1, -0.05) is 25.0 Å². The van der Waals surface area contributed by atoms with E-state index in [1.807, 2.05) is 6.07 Å². The van der Waals surface area contributed by atoms with Gasteiger partial charge in [-0.15, -0.1) is 0 Å². The van der Waals surface area contributed by atoms with Crippen molar-refractivity contribution in [1.82, 2.24) is 9.55 Å².